The standard InChI is InChI=1S/C59H88N4O4/c1-14-22-25-42(17-4)38-62(39-43(18-5)26-23-15-2)46-32-34-48(50(36-46)60-56(66)58(10,11)20-7)52-54(64)53(55(52)65)49-35-33-47(37-51(49)61-57(67)59(12,13)21-8)63(40-44(19-6)27-24-16-3)45-30-28-41(9)29-31-45/h28-37,42-44,64H,14-27,38-40H2,1-13H3,(H,61,67). The molecule has 4 rings (SSSR count). The molecular formula is C59H88N4O4. The van der Waals surface area contributed by atoms with Gasteiger partial charge in [-0.25, -0.2) is 4.99 Å². The van der Waals surface area contributed by atoms with Crippen LogP contribution in [0.25, 0.3) is 5.57 Å². The van der Waals surface area contributed by atoms with Crippen molar-refractivity contribution in [3.05, 3.63) is 94.4 Å². The van der Waals surface area contributed by atoms with E-state index in [1.807, 2.05) is 78.0 Å². The summed E-state index contributed by atoms with van der Waals surface area (Å²) in [7, 11) is 0. The Bertz CT molecular complexity index is 2130. The van der Waals surface area contributed by atoms with E-state index in [1.165, 1.54) is 18.4 Å². The molecule has 0 bridgehead atoms. The summed E-state index contributed by atoms with van der Waals surface area (Å²) in [5.74, 6) is 0.536. The predicted octanol–water partition coefficient (Wildman–Crippen LogP) is 15.5. The summed E-state index contributed by atoms with van der Waals surface area (Å²) in [6, 6.07) is 14.3. The van der Waals surface area contributed by atoms with Crippen LogP contribution in [0.2, 0.25) is 0 Å². The van der Waals surface area contributed by atoms with Gasteiger partial charge in [-0.15, -0.1) is 0 Å². The predicted molar refractivity (Wildman–Crippen MR) is 284 cm³/mol. The van der Waals surface area contributed by atoms with Gasteiger partial charge < -0.3 is 20.2 Å². The third-order valence-electron chi connectivity index (χ3n) is 14.9. The highest BCUT2D eigenvalue weighted by atomic mass is 16.3. The van der Waals surface area contributed by atoms with Crippen molar-refractivity contribution in [3.8, 4) is 0 Å². The lowest BCUT2D eigenvalue weighted by molar-refractivity contribution is -0.126. The number of aryl methyl sites for hydroxylation is 1. The molecule has 8 nitrogen and oxygen atoms in total. The van der Waals surface area contributed by atoms with Crippen LogP contribution in [0.4, 0.5) is 17.1 Å². The second-order valence-electron chi connectivity index (χ2n) is 20.8. The number of nitrogens with one attached hydrogen (secondary N) is 1. The van der Waals surface area contributed by atoms with Crippen molar-refractivity contribution in [2.45, 2.75) is 180 Å². The summed E-state index contributed by atoms with van der Waals surface area (Å²) >= 11 is 0. The average Bonchev–Trinajstić information content (AvgIpc) is 3.32. The van der Waals surface area contributed by atoms with E-state index >= 15 is 0 Å². The average molecular weight is 917 g/mol. The Morgan fingerprint density at radius 3 is 1.70 bits per heavy atom. The number of Topliss-reactive ketones (excluding diaryl/α,β-unsaturated/α-hetero) is 1. The van der Waals surface area contributed by atoms with Gasteiger partial charge in [0.15, 0.2) is 0 Å². The number of carbonyl (C=O) groups excluding carboxylic acids is 3. The van der Waals surface area contributed by atoms with Crippen LogP contribution in [0.3, 0.4) is 0 Å². The maximum Gasteiger partial charge on any atom is 0.251 e. The van der Waals surface area contributed by atoms with Crippen molar-refractivity contribution in [2.75, 3.05) is 29.9 Å². The van der Waals surface area contributed by atoms with Crippen LogP contribution in [0.5, 0.6) is 0 Å². The highest BCUT2D eigenvalue weighted by Crippen LogP contribution is 2.44. The molecule has 3 unspecified atom stereocenters. The Morgan fingerprint density at radius 1 is 0.687 bits per heavy atom. The summed E-state index contributed by atoms with van der Waals surface area (Å²) in [5.41, 5.74) is 4.71. The summed E-state index contributed by atoms with van der Waals surface area (Å²) in [6.45, 7) is 29.8. The zero-order chi connectivity index (χ0) is 49.5. The van der Waals surface area contributed by atoms with E-state index in [0.717, 1.165) is 101 Å². The number of hydrogen-bond donors (Lipinski definition) is 2. The van der Waals surface area contributed by atoms with E-state index < -0.39 is 10.8 Å². The summed E-state index contributed by atoms with van der Waals surface area (Å²) in [6.07, 6.45) is 20.7. The van der Waals surface area contributed by atoms with Gasteiger partial charge in [-0.1, -0.05) is 159 Å². The van der Waals surface area contributed by atoms with Gasteiger partial charge in [-0.3, -0.25) is 14.4 Å². The molecule has 0 spiro atoms. The fraction of sp³-hybridized carbons (Fsp3) is 0.593. The number of carbonyl (C=O) groups is 3. The molecule has 2 aromatic rings. The summed E-state index contributed by atoms with van der Waals surface area (Å²) in [4.78, 5) is 52.3. The van der Waals surface area contributed by atoms with Crippen LogP contribution in [0.15, 0.2) is 88.3 Å². The Kier molecular flexibility index (Phi) is 21.0. The molecule has 0 aromatic heterocycles. The van der Waals surface area contributed by atoms with E-state index in [9.17, 15) is 19.5 Å². The van der Waals surface area contributed by atoms with E-state index in [-0.39, 0.29) is 34.5 Å². The molecule has 67 heavy (non-hydrogen) atoms. The van der Waals surface area contributed by atoms with Crippen molar-refractivity contribution in [1.82, 2.24) is 4.90 Å². The van der Waals surface area contributed by atoms with E-state index in [1.54, 1.807) is 0 Å². The molecule has 0 radical (unpaired) electrons. The lowest BCUT2D eigenvalue weighted by atomic mass is 9.78. The molecule has 0 fully saturated rings. The minimum Gasteiger partial charge on any atom is -0.506 e. The topological polar surface area (TPSA) is 102 Å². The van der Waals surface area contributed by atoms with Crippen LogP contribution in [0.1, 0.15) is 184 Å². The SMILES string of the molecule is CCCCC(CC)CN(CC(CC)CCCC)C1=CC(=NC(=O)C(C)(C)CC)C(=C2C(=O)C(c3ccc(N(CC(CC)CCCC)c4ccc(C)cc4)cc3NC(=O)C(C)(C)CC)=C2O)C=C1. The molecule has 2 aliphatic carbocycles. The first-order valence-corrected chi connectivity index (χ1v) is 26.2. The number of rotatable bonds is 27. The van der Waals surface area contributed by atoms with Crippen LogP contribution in [-0.2, 0) is 14.4 Å². The van der Waals surface area contributed by atoms with Crippen molar-refractivity contribution < 1.29 is 19.5 Å². The van der Waals surface area contributed by atoms with E-state index in [2.05, 4.69) is 87.8 Å². The van der Waals surface area contributed by atoms with Gasteiger partial charge in [0, 0.05) is 58.7 Å². The van der Waals surface area contributed by atoms with Crippen LogP contribution >= 0.6 is 0 Å². The Hall–Kier alpha value is -4.72. The number of aliphatic imine (C=N–C) groups is 1. The molecule has 3 atom stereocenters. The van der Waals surface area contributed by atoms with Crippen LogP contribution in [0, 0.1) is 35.5 Å². The number of aliphatic hydroxyl groups excluding tert-OH is 1. The smallest absolute Gasteiger partial charge is 0.251 e. The normalized spacial score (nSPS) is 17.3. The minimum atomic E-state index is -0.716. The van der Waals surface area contributed by atoms with Gasteiger partial charge >= 0.3 is 0 Å². The third kappa shape index (κ3) is 14.2. The number of hydrogen-bond acceptors (Lipinski definition) is 6. The largest absolute Gasteiger partial charge is 0.506 e. The lowest BCUT2D eigenvalue weighted by Crippen LogP contribution is -2.35. The number of unbranched alkanes of at least 4 members (excludes halogenated alkanes) is 3. The van der Waals surface area contributed by atoms with Crippen molar-refractivity contribution in [2.24, 2.45) is 33.6 Å². The molecule has 2 amide bonds. The molecule has 0 aliphatic heterocycles. The molecule has 0 heterocycles. The van der Waals surface area contributed by atoms with Gasteiger partial charge in [0.25, 0.3) is 5.91 Å². The summed E-state index contributed by atoms with van der Waals surface area (Å²) in [5, 5.41) is 15.4. The maximum absolute atomic E-state index is 14.8. The molecule has 2 aliphatic rings. The highest BCUT2D eigenvalue weighted by molar-refractivity contribution is 6.42. The first-order valence-electron chi connectivity index (χ1n) is 26.2. The van der Waals surface area contributed by atoms with Crippen molar-refractivity contribution in [1.29, 1.82) is 0 Å². The van der Waals surface area contributed by atoms with Gasteiger partial charge in [0.1, 0.15) is 5.76 Å². The number of ketones is 1. The van der Waals surface area contributed by atoms with Crippen LogP contribution in [-0.4, -0.2) is 52.9 Å². The maximum atomic E-state index is 14.8. The third-order valence-corrected chi connectivity index (χ3v) is 14.9. The van der Waals surface area contributed by atoms with E-state index in [0.29, 0.717) is 53.1 Å². The molecule has 2 N–H and O–H groups in total. The Morgan fingerprint density at radius 2 is 1.21 bits per heavy atom. The fourth-order valence-electron chi connectivity index (χ4n) is 8.81. The Balaban J connectivity index is 1.93. The van der Waals surface area contributed by atoms with Crippen molar-refractivity contribution in [3.63, 3.8) is 0 Å². The number of anilines is 3. The molecular weight excluding hydrogens is 829 g/mol. The van der Waals surface area contributed by atoms with E-state index in [4.69, 9.17) is 4.99 Å². The lowest BCUT2D eigenvalue weighted by Gasteiger charge is -2.35. The molecule has 8 heteroatoms. The molecule has 368 valence electrons. The molecule has 2 aromatic carbocycles. The number of allylic oxidation sites excluding steroid dienone is 6. The second kappa shape index (κ2) is 25.6. The number of nitrogens with zero attached hydrogens (tertiary/aromatic N) is 3. The zero-order valence-corrected chi connectivity index (χ0v) is 44.0. The summed E-state index contributed by atoms with van der Waals surface area (Å²) < 4.78 is 0. The first kappa shape index (κ1) is 54.9. The number of aliphatic hydroxyl groups is 1. The van der Waals surface area contributed by atoms with Gasteiger partial charge in [0.05, 0.1) is 22.5 Å². The molecule has 0 saturated heterocycles. The first-order chi connectivity index (χ1) is 31.9. The van der Waals surface area contributed by atoms with Gasteiger partial charge in [-0.2, -0.15) is 0 Å². The quantitative estimate of drug-likeness (QED) is 0.0866. The molecule has 0 saturated carbocycles. The van der Waals surface area contributed by atoms with Gasteiger partial charge in [0.2, 0.25) is 11.7 Å². The minimum absolute atomic E-state index is 0.135. The monoisotopic (exact) mass is 917 g/mol. The zero-order valence-electron chi connectivity index (χ0n) is 44.0. The number of benzene rings is 2. The second-order valence-corrected chi connectivity index (χ2v) is 20.8. The fourth-order valence-corrected chi connectivity index (χ4v) is 8.81. The van der Waals surface area contributed by atoms with Gasteiger partial charge in [-0.05, 0) is 105 Å². The highest BCUT2D eigenvalue weighted by Gasteiger charge is 2.40. The number of amides is 2. The Labute approximate surface area is 406 Å². The van der Waals surface area contributed by atoms with Crippen LogP contribution < -0.4 is 10.2 Å². The van der Waals surface area contributed by atoms with Crippen molar-refractivity contribution >= 4 is 45.9 Å².